The first-order valence-electron chi connectivity index (χ1n) is 26.4. The van der Waals surface area contributed by atoms with Crippen molar-refractivity contribution in [1.29, 1.82) is 0 Å². The maximum atomic E-state index is 10.5. The van der Waals surface area contributed by atoms with E-state index in [1.165, 1.54) is 44.5 Å². The summed E-state index contributed by atoms with van der Waals surface area (Å²) in [5, 5.41) is 0. The van der Waals surface area contributed by atoms with Crippen molar-refractivity contribution >= 4 is 15.9 Å². The highest BCUT2D eigenvalue weighted by molar-refractivity contribution is 7.58. The maximum absolute atomic E-state index is 10.5. The first-order chi connectivity index (χ1) is 31.7. The molecule has 0 heterocycles. The van der Waals surface area contributed by atoms with E-state index in [9.17, 15) is 29.4 Å². The van der Waals surface area contributed by atoms with E-state index in [-0.39, 0.29) is 67.5 Å². The van der Waals surface area contributed by atoms with E-state index in [0.717, 1.165) is 44.5 Å². The Morgan fingerprint density at radius 2 is 0.431 bits per heavy atom. The van der Waals surface area contributed by atoms with Gasteiger partial charge < -0.3 is 0 Å². The molecular formula is C64H104O6P2+2. The molecule has 0 bridgehead atoms. The molecule has 72 heavy (non-hydrogen) atoms. The Kier molecular flexibility index (Phi) is 18.7. The molecule has 0 radical (unpaired) electrons. The van der Waals surface area contributed by atoms with Crippen molar-refractivity contribution < 1.29 is 29.4 Å². The molecule has 0 fully saturated rings. The number of aryl methyl sites for hydroxylation is 4. The summed E-state index contributed by atoms with van der Waals surface area (Å²) in [6.07, 6.45) is -0.185. The highest BCUT2D eigenvalue weighted by Crippen LogP contribution is 2.56. The van der Waals surface area contributed by atoms with Crippen LogP contribution in [-0.2, 0) is 43.3 Å². The van der Waals surface area contributed by atoms with Crippen molar-refractivity contribution in [3.05, 3.63) is 138 Å². The largest absolute Gasteiger partial charge is 0.404 e. The Bertz CT molecular complexity index is 2210. The highest BCUT2D eigenvalue weighted by Gasteiger charge is 2.44. The van der Waals surface area contributed by atoms with Crippen molar-refractivity contribution in [2.75, 3.05) is 12.3 Å². The molecule has 6 nitrogen and oxygen atoms in total. The fourth-order valence-electron chi connectivity index (χ4n) is 10.4. The fourth-order valence-corrected chi connectivity index (χ4v) is 12.1. The van der Waals surface area contributed by atoms with Gasteiger partial charge in [0.15, 0.2) is 12.3 Å². The standard InChI is InChI=1S/2C32H52O3P/c2*1-20-15-22(29(3,4)5)17-25(31(9,10)11)27(20)24(19-36(33,34)35)28-21(2)16-23(30(6,7)8)18-26(28)32(12,13)14/h2*15-18,24,33-35H,19H2,1-14H3/q2*+1. The van der Waals surface area contributed by atoms with Crippen LogP contribution in [0.25, 0.3) is 0 Å². The lowest BCUT2D eigenvalue weighted by molar-refractivity contribution is 0.326. The van der Waals surface area contributed by atoms with Crippen LogP contribution in [0, 0.1) is 27.7 Å². The van der Waals surface area contributed by atoms with Crippen molar-refractivity contribution in [3.63, 3.8) is 0 Å². The summed E-state index contributed by atoms with van der Waals surface area (Å²) in [5.74, 6) is -0.686. The molecule has 0 amide bonds. The Labute approximate surface area is 442 Å². The third kappa shape index (κ3) is 16.3. The van der Waals surface area contributed by atoms with E-state index in [0.29, 0.717) is 0 Å². The van der Waals surface area contributed by atoms with E-state index < -0.39 is 15.9 Å². The van der Waals surface area contributed by atoms with Crippen LogP contribution in [0.5, 0.6) is 0 Å². The van der Waals surface area contributed by atoms with E-state index in [4.69, 9.17) is 0 Å². The van der Waals surface area contributed by atoms with Crippen molar-refractivity contribution in [2.45, 2.75) is 249 Å². The highest BCUT2D eigenvalue weighted by atomic mass is 31.2. The molecule has 0 aliphatic heterocycles. The molecule has 0 aliphatic rings. The average molecular weight is 1030 g/mol. The van der Waals surface area contributed by atoms with Gasteiger partial charge in [-0.05, 0) is 160 Å². The van der Waals surface area contributed by atoms with Crippen molar-refractivity contribution in [3.8, 4) is 0 Å². The summed E-state index contributed by atoms with van der Waals surface area (Å²) < 4.78 is 0. The Balaban J connectivity index is 0.000000380. The zero-order valence-corrected chi connectivity index (χ0v) is 52.6. The molecule has 0 aliphatic carbocycles. The molecule has 404 valence electrons. The van der Waals surface area contributed by atoms with E-state index in [1.54, 1.807) is 0 Å². The molecule has 0 aromatic heterocycles. The van der Waals surface area contributed by atoms with E-state index >= 15 is 0 Å². The normalized spacial score (nSPS) is 14.1. The first-order valence-corrected chi connectivity index (χ1v) is 30.1. The summed E-state index contributed by atoms with van der Waals surface area (Å²) in [7, 11) is -8.15. The number of hydrogen-bond donors (Lipinski definition) is 6. The predicted molar refractivity (Wildman–Crippen MR) is 315 cm³/mol. The minimum absolute atomic E-state index is 0.0126. The third-order valence-corrected chi connectivity index (χ3v) is 16.2. The molecule has 8 heteroatoms. The van der Waals surface area contributed by atoms with Crippen LogP contribution in [-0.4, -0.2) is 41.7 Å². The van der Waals surface area contributed by atoms with Crippen LogP contribution < -0.4 is 0 Å². The van der Waals surface area contributed by atoms with Gasteiger partial charge in [0, 0.05) is 0 Å². The average Bonchev–Trinajstić information content (AvgIpc) is 3.11. The predicted octanol–water partition coefficient (Wildman–Crippen LogP) is 16.7. The second-order valence-corrected chi connectivity index (χ2v) is 33.4. The monoisotopic (exact) mass is 1030 g/mol. The smallest absolute Gasteiger partial charge is 0.193 e. The van der Waals surface area contributed by atoms with E-state index in [2.05, 4.69) is 242 Å². The summed E-state index contributed by atoms with van der Waals surface area (Å²) >= 11 is 0. The lowest BCUT2D eigenvalue weighted by Crippen LogP contribution is -2.26. The molecule has 0 spiro atoms. The topological polar surface area (TPSA) is 121 Å². The minimum Gasteiger partial charge on any atom is -0.193 e. The Morgan fingerprint density at radius 1 is 0.278 bits per heavy atom. The lowest BCUT2D eigenvalue weighted by atomic mass is 9.69. The number of rotatable bonds is 8. The molecule has 0 saturated heterocycles. The molecule has 0 saturated carbocycles. The van der Waals surface area contributed by atoms with Gasteiger partial charge in [-0.15, -0.1) is 0 Å². The van der Waals surface area contributed by atoms with Gasteiger partial charge >= 0.3 is 15.9 Å². The fraction of sp³-hybridized carbons (Fsp3) is 0.625. The van der Waals surface area contributed by atoms with Crippen LogP contribution in [0.4, 0.5) is 0 Å². The van der Waals surface area contributed by atoms with Gasteiger partial charge in [-0.3, -0.25) is 0 Å². The lowest BCUT2D eigenvalue weighted by Gasteiger charge is -2.36. The molecule has 6 N–H and O–H groups in total. The van der Waals surface area contributed by atoms with Gasteiger partial charge in [0.1, 0.15) is 0 Å². The van der Waals surface area contributed by atoms with Crippen LogP contribution in [0.1, 0.15) is 267 Å². The SMILES string of the molecule is Cc1cc(C(C)(C)C)cc(C(C)(C)C)c1C(C[P+](O)(O)O)c1c(C)cc(C(C)(C)C)cc1C(C)(C)C.Cc1cc(C(C)(C)C)cc(C(C)(C)C)c1C(C[P+](O)(O)O)c1c(C)cc(C(C)(C)C)cc1C(C)(C)C. The Hall–Kier alpha value is -2.50. The van der Waals surface area contributed by atoms with Gasteiger partial charge in [0.25, 0.3) is 0 Å². The van der Waals surface area contributed by atoms with Crippen LogP contribution in [0.2, 0.25) is 0 Å². The molecule has 4 aromatic rings. The number of benzene rings is 4. The van der Waals surface area contributed by atoms with Crippen molar-refractivity contribution in [2.24, 2.45) is 0 Å². The second-order valence-electron chi connectivity index (χ2n) is 29.9. The summed E-state index contributed by atoms with van der Waals surface area (Å²) in [6, 6.07) is 18.2. The van der Waals surface area contributed by atoms with Gasteiger partial charge in [-0.25, -0.2) is 0 Å². The second kappa shape index (κ2) is 21.1. The first kappa shape index (κ1) is 63.8. The van der Waals surface area contributed by atoms with Crippen LogP contribution in [0.15, 0.2) is 48.5 Å². The molecule has 4 rings (SSSR count). The summed E-state index contributed by atoms with van der Waals surface area (Å²) in [6.45, 7) is 61.8. The molecule has 4 aromatic carbocycles. The van der Waals surface area contributed by atoms with Crippen LogP contribution in [0.3, 0.4) is 0 Å². The Morgan fingerprint density at radius 3 is 0.542 bits per heavy atom. The zero-order valence-electron chi connectivity index (χ0n) is 50.8. The zero-order chi connectivity index (χ0) is 56.5. The summed E-state index contributed by atoms with van der Waals surface area (Å²) in [5.41, 5.74) is 18.1. The van der Waals surface area contributed by atoms with Gasteiger partial charge in [-0.1, -0.05) is 215 Å². The van der Waals surface area contributed by atoms with Crippen molar-refractivity contribution in [1.82, 2.24) is 0 Å². The molecular weight excluding hydrogens is 927 g/mol. The maximum Gasteiger partial charge on any atom is 0.404 e. The van der Waals surface area contributed by atoms with E-state index in [1.807, 2.05) is 0 Å². The quantitative estimate of drug-likeness (QED) is 0.0978. The summed E-state index contributed by atoms with van der Waals surface area (Å²) in [4.78, 5) is 62.8. The van der Waals surface area contributed by atoms with Crippen LogP contribution >= 0.6 is 15.9 Å². The molecule has 0 unspecified atom stereocenters. The molecule has 0 atom stereocenters. The minimum atomic E-state index is -4.08. The van der Waals surface area contributed by atoms with Gasteiger partial charge in [0.2, 0.25) is 0 Å². The van der Waals surface area contributed by atoms with Gasteiger partial charge in [0.05, 0.1) is 11.8 Å². The van der Waals surface area contributed by atoms with Gasteiger partial charge in [-0.2, -0.15) is 29.4 Å². The third-order valence-electron chi connectivity index (χ3n) is 14.5. The number of hydrogen-bond acceptors (Lipinski definition) is 6.